The lowest BCUT2D eigenvalue weighted by Gasteiger charge is -2.06. The quantitative estimate of drug-likeness (QED) is 0.543. The molecule has 0 fully saturated rings. The van der Waals surface area contributed by atoms with Gasteiger partial charge in [-0.05, 0) is 42.3 Å². The summed E-state index contributed by atoms with van der Waals surface area (Å²) in [5.74, 6) is 0.453. The minimum atomic E-state index is -0.260. The first-order valence-electron chi connectivity index (χ1n) is 9.04. The van der Waals surface area contributed by atoms with Gasteiger partial charge in [-0.25, -0.2) is 4.98 Å². The van der Waals surface area contributed by atoms with E-state index in [0.29, 0.717) is 38.6 Å². The van der Waals surface area contributed by atoms with Crippen LogP contribution in [0.4, 0.5) is 5.69 Å². The number of aromatic nitrogens is 2. The van der Waals surface area contributed by atoms with E-state index in [9.17, 15) is 9.59 Å². The normalized spacial score (nSPS) is 10.8. The molecule has 0 aliphatic rings. The average molecular weight is 405 g/mol. The van der Waals surface area contributed by atoms with Crippen molar-refractivity contribution in [1.29, 1.82) is 0 Å². The molecule has 7 heteroatoms. The summed E-state index contributed by atoms with van der Waals surface area (Å²) in [5.41, 5.74) is 2.18. The highest BCUT2D eigenvalue weighted by atomic mass is 32.1. The molecule has 0 bridgehead atoms. The Hall–Kier alpha value is -3.45. The molecule has 0 atom stereocenters. The Morgan fingerprint density at radius 2 is 1.86 bits per heavy atom. The number of benzene rings is 2. The standard InChI is InChI=1S/C22H19N3O3S/c1-14-18-21(23-13-25(22(18)27)12-15-6-4-3-5-7-15)29-19(14)20(26)24-16-8-10-17(28-2)11-9-16/h3-11,13H,12H2,1-2H3,(H,24,26). The third-order valence-electron chi connectivity index (χ3n) is 4.67. The number of hydrogen-bond donors (Lipinski definition) is 1. The maximum Gasteiger partial charge on any atom is 0.266 e. The summed E-state index contributed by atoms with van der Waals surface area (Å²) in [6.45, 7) is 2.23. The number of carbonyl (C=O) groups excluding carboxylic acids is 1. The van der Waals surface area contributed by atoms with Crippen molar-refractivity contribution in [3.05, 3.63) is 87.3 Å². The molecule has 4 aromatic rings. The van der Waals surface area contributed by atoms with Crippen molar-refractivity contribution < 1.29 is 9.53 Å². The lowest BCUT2D eigenvalue weighted by atomic mass is 10.2. The van der Waals surface area contributed by atoms with Crippen LogP contribution in [0.15, 0.2) is 65.7 Å². The lowest BCUT2D eigenvalue weighted by molar-refractivity contribution is 0.103. The van der Waals surface area contributed by atoms with E-state index in [4.69, 9.17) is 4.74 Å². The van der Waals surface area contributed by atoms with Crippen molar-refractivity contribution in [3.63, 3.8) is 0 Å². The second-order valence-electron chi connectivity index (χ2n) is 6.58. The topological polar surface area (TPSA) is 73.2 Å². The molecule has 29 heavy (non-hydrogen) atoms. The van der Waals surface area contributed by atoms with Crippen LogP contribution in [0.1, 0.15) is 20.8 Å². The molecule has 2 heterocycles. The summed E-state index contributed by atoms with van der Waals surface area (Å²) in [6, 6.07) is 16.8. The SMILES string of the molecule is COc1ccc(NC(=O)c2sc3ncn(Cc4ccccc4)c(=O)c3c2C)cc1. The predicted molar refractivity (Wildman–Crippen MR) is 115 cm³/mol. The van der Waals surface area contributed by atoms with Gasteiger partial charge in [0.25, 0.3) is 11.5 Å². The van der Waals surface area contributed by atoms with Gasteiger partial charge in [-0.1, -0.05) is 30.3 Å². The van der Waals surface area contributed by atoms with Gasteiger partial charge in [0.2, 0.25) is 0 Å². The van der Waals surface area contributed by atoms with Crippen LogP contribution in [0.5, 0.6) is 5.75 Å². The van der Waals surface area contributed by atoms with Gasteiger partial charge < -0.3 is 10.1 Å². The van der Waals surface area contributed by atoms with Gasteiger partial charge in [-0.2, -0.15) is 0 Å². The molecule has 6 nitrogen and oxygen atoms in total. The number of hydrogen-bond acceptors (Lipinski definition) is 5. The van der Waals surface area contributed by atoms with Gasteiger partial charge in [-0.3, -0.25) is 14.2 Å². The molecular weight excluding hydrogens is 386 g/mol. The van der Waals surface area contributed by atoms with E-state index in [1.165, 1.54) is 11.3 Å². The molecule has 146 valence electrons. The summed E-state index contributed by atoms with van der Waals surface area (Å²) in [7, 11) is 1.59. The number of amides is 1. The van der Waals surface area contributed by atoms with Gasteiger partial charge in [0.05, 0.1) is 30.2 Å². The number of carbonyl (C=O) groups is 1. The Labute approximate surface area is 171 Å². The van der Waals surface area contributed by atoms with Crippen molar-refractivity contribution in [2.75, 3.05) is 12.4 Å². The van der Waals surface area contributed by atoms with Crippen molar-refractivity contribution in [1.82, 2.24) is 9.55 Å². The largest absolute Gasteiger partial charge is 0.497 e. The van der Waals surface area contributed by atoms with Crippen LogP contribution in [-0.2, 0) is 6.54 Å². The summed E-state index contributed by atoms with van der Waals surface area (Å²) in [6.07, 6.45) is 1.54. The van der Waals surface area contributed by atoms with E-state index in [2.05, 4.69) is 10.3 Å². The molecule has 2 aromatic carbocycles. The second kappa shape index (κ2) is 7.89. The third kappa shape index (κ3) is 3.77. The smallest absolute Gasteiger partial charge is 0.266 e. The van der Waals surface area contributed by atoms with Crippen molar-refractivity contribution >= 4 is 33.1 Å². The minimum absolute atomic E-state index is 0.142. The highest BCUT2D eigenvalue weighted by Crippen LogP contribution is 2.28. The zero-order valence-corrected chi connectivity index (χ0v) is 16.8. The first-order valence-corrected chi connectivity index (χ1v) is 9.86. The average Bonchev–Trinajstić information content (AvgIpc) is 3.09. The van der Waals surface area contributed by atoms with Crippen LogP contribution >= 0.6 is 11.3 Å². The Balaban J connectivity index is 1.65. The molecule has 0 spiro atoms. The van der Waals surface area contributed by atoms with Crippen LogP contribution in [0.25, 0.3) is 10.2 Å². The minimum Gasteiger partial charge on any atom is -0.497 e. The van der Waals surface area contributed by atoms with E-state index in [1.54, 1.807) is 49.2 Å². The van der Waals surface area contributed by atoms with E-state index in [1.807, 2.05) is 30.3 Å². The number of anilines is 1. The van der Waals surface area contributed by atoms with Gasteiger partial charge in [0.15, 0.2) is 0 Å². The molecule has 2 aromatic heterocycles. The first kappa shape index (κ1) is 18.9. The fourth-order valence-corrected chi connectivity index (χ4v) is 4.17. The summed E-state index contributed by atoms with van der Waals surface area (Å²) >= 11 is 1.23. The molecule has 0 saturated heterocycles. The molecule has 1 N–H and O–H groups in total. The highest BCUT2D eigenvalue weighted by Gasteiger charge is 2.19. The maximum absolute atomic E-state index is 13.0. The van der Waals surface area contributed by atoms with Gasteiger partial charge in [0, 0.05) is 5.69 Å². The van der Waals surface area contributed by atoms with Crippen molar-refractivity contribution in [3.8, 4) is 5.75 Å². The zero-order chi connectivity index (χ0) is 20.4. The Morgan fingerprint density at radius 3 is 2.55 bits per heavy atom. The van der Waals surface area contributed by atoms with E-state index in [0.717, 1.165) is 5.56 Å². The zero-order valence-electron chi connectivity index (χ0n) is 16.0. The molecule has 0 saturated carbocycles. The van der Waals surface area contributed by atoms with E-state index < -0.39 is 0 Å². The van der Waals surface area contributed by atoms with E-state index in [-0.39, 0.29) is 11.5 Å². The summed E-state index contributed by atoms with van der Waals surface area (Å²) < 4.78 is 6.70. The number of rotatable bonds is 5. The van der Waals surface area contributed by atoms with Crippen LogP contribution in [0.2, 0.25) is 0 Å². The molecule has 1 amide bonds. The number of nitrogens with zero attached hydrogens (tertiary/aromatic N) is 2. The number of nitrogens with one attached hydrogen (secondary N) is 1. The van der Waals surface area contributed by atoms with Crippen LogP contribution in [0.3, 0.4) is 0 Å². The number of fused-ring (bicyclic) bond motifs is 1. The lowest BCUT2D eigenvalue weighted by Crippen LogP contribution is -2.21. The van der Waals surface area contributed by atoms with E-state index >= 15 is 0 Å². The van der Waals surface area contributed by atoms with Gasteiger partial charge in [-0.15, -0.1) is 11.3 Å². The molecule has 0 aliphatic heterocycles. The number of aryl methyl sites for hydroxylation is 1. The van der Waals surface area contributed by atoms with Crippen molar-refractivity contribution in [2.45, 2.75) is 13.5 Å². The third-order valence-corrected chi connectivity index (χ3v) is 5.87. The fraction of sp³-hybridized carbons (Fsp3) is 0.136. The van der Waals surface area contributed by atoms with Crippen molar-refractivity contribution in [2.24, 2.45) is 0 Å². The molecular formula is C22H19N3O3S. The molecule has 0 aliphatic carbocycles. The van der Waals surface area contributed by atoms with Crippen LogP contribution in [0, 0.1) is 6.92 Å². The molecule has 0 unspecified atom stereocenters. The summed E-state index contributed by atoms with van der Waals surface area (Å²) in [4.78, 5) is 31.2. The van der Waals surface area contributed by atoms with Gasteiger partial charge in [0.1, 0.15) is 10.6 Å². The number of methoxy groups -OCH3 is 1. The number of thiophene rings is 1. The Kier molecular flexibility index (Phi) is 5.14. The predicted octanol–water partition coefficient (Wildman–Crippen LogP) is 4.08. The van der Waals surface area contributed by atoms with Crippen LogP contribution in [-0.4, -0.2) is 22.6 Å². The fourth-order valence-electron chi connectivity index (χ4n) is 3.13. The van der Waals surface area contributed by atoms with Gasteiger partial charge >= 0.3 is 0 Å². The monoisotopic (exact) mass is 405 g/mol. The number of ether oxygens (including phenoxy) is 1. The Bertz CT molecular complexity index is 1230. The second-order valence-corrected chi connectivity index (χ2v) is 7.58. The van der Waals surface area contributed by atoms with Crippen LogP contribution < -0.4 is 15.6 Å². The maximum atomic E-state index is 13.0. The Morgan fingerprint density at radius 1 is 1.14 bits per heavy atom. The molecule has 0 radical (unpaired) electrons. The summed E-state index contributed by atoms with van der Waals surface area (Å²) in [5, 5.41) is 3.36. The first-order chi connectivity index (χ1) is 14.1. The molecule has 4 rings (SSSR count). The highest BCUT2D eigenvalue weighted by molar-refractivity contribution is 7.20.